The Labute approximate surface area is 199 Å². The van der Waals surface area contributed by atoms with E-state index in [2.05, 4.69) is 24.9 Å². The first-order valence-electron chi connectivity index (χ1n) is 10.3. The number of H-pyrrole nitrogens is 1. The maximum absolute atomic E-state index is 9.33. The van der Waals surface area contributed by atoms with E-state index in [1.165, 1.54) is 22.9 Å². The summed E-state index contributed by atoms with van der Waals surface area (Å²) in [5.41, 5.74) is 1.65. The van der Waals surface area contributed by atoms with Crippen LogP contribution in [0.2, 0.25) is 0 Å². The van der Waals surface area contributed by atoms with Crippen LogP contribution in [-0.4, -0.2) is 49.5 Å². The van der Waals surface area contributed by atoms with Crippen LogP contribution < -0.4 is 9.54 Å². The van der Waals surface area contributed by atoms with Gasteiger partial charge in [0.1, 0.15) is 0 Å². The topological polar surface area (TPSA) is 117 Å². The molecular formula is C22H22BN5O3S2. The maximum atomic E-state index is 9.33. The van der Waals surface area contributed by atoms with E-state index in [4.69, 9.17) is 4.74 Å². The quantitative estimate of drug-likeness (QED) is 0.338. The second-order valence-electron chi connectivity index (χ2n) is 7.19. The Morgan fingerprint density at radius 2 is 1.97 bits per heavy atom. The van der Waals surface area contributed by atoms with Gasteiger partial charge in [0.25, 0.3) is 0 Å². The molecule has 4 heterocycles. The zero-order valence-corrected chi connectivity index (χ0v) is 19.5. The van der Waals surface area contributed by atoms with Crippen molar-refractivity contribution in [3.63, 3.8) is 0 Å². The first-order valence-corrected chi connectivity index (χ1v) is 12.0. The van der Waals surface area contributed by atoms with Crippen molar-refractivity contribution in [2.24, 2.45) is 10.9 Å². The van der Waals surface area contributed by atoms with Crippen LogP contribution in [-0.2, 0) is 6.42 Å². The second-order valence-corrected chi connectivity index (χ2v) is 9.14. The Hall–Kier alpha value is -2.86. The van der Waals surface area contributed by atoms with Gasteiger partial charge in [-0.15, -0.1) is 0 Å². The van der Waals surface area contributed by atoms with Crippen molar-refractivity contribution >= 4 is 34.9 Å². The predicted molar refractivity (Wildman–Crippen MR) is 128 cm³/mol. The molecule has 0 aromatic carbocycles. The number of hydrogen-bond donors (Lipinski definition) is 3. The SMILES string of the molecule is Cc1ncccc1Oc1cc(Sc2ccccn2)cnc1/N=c1/[nH]c(CC(CO)CO)bs1. The molecule has 0 radical (unpaired) electrons. The predicted octanol–water partition coefficient (Wildman–Crippen LogP) is 3.23. The summed E-state index contributed by atoms with van der Waals surface area (Å²) >= 11 is 2.91. The van der Waals surface area contributed by atoms with Gasteiger partial charge in [-0.3, -0.25) is 0 Å². The van der Waals surface area contributed by atoms with Crippen LogP contribution in [0.15, 0.2) is 69.9 Å². The number of rotatable bonds is 9. The summed E-state index contributed by atoms with van der Waals surface area (Å²) in [4.78, 5) is 22.6. The van der Waals surface area contributed by atoms with Gasteiger partial charge in [0.15, 0.2) is 0 Å². The van der Waals surface area contributed by atoms with Crippen LogP contribution in [0, 0.1) is 12.8 Å². The fourth-order valence-corrected chi connectivity index (χ4v) is 4.44. The summed E-state index contributed by atoms with van der Waals surface area (Å²) in [5, 5.41) is 19.5. The Morgan fingerprint density at radius 1 is 1.12 bits per heavy atom. The Morgan fingerprint density at radius 3 is 2.73 bits per heavy atom. The molecule has 0 spiro atoms. The fraction of sp³-hybridized carbons (Fsp3) is 0.227. The molecule has 3 N–H and O–H groups in total. The third-order valence-electron chi connectivity index (χ3n) is 4.66. The van der Waals surface area contributed by atoms with Crippen molar-refractivity contribution in [2.45, 2.75) is 23.3 Å². The summed E-state index contributed by atoms with van der Waals surface area (Å²) in [6, 6.07) is 11.3. The number of aryl methyl sites for hydroxylation is 1. The molecule has 4 aromatic heterocycles. The number of nitrogens with zero attached hydrogens (tertiary/aromatic N) is 4. The van der Waals surface area contributed by atoms with E-state index in [0.717, 1.165) is 21.2 Å². The van der Waals surface area contributed by atoms with Gasteiger partial charge >= 0.3 is 200 Å². The molecule has 0 amide bonds. The summed E-state index contributed by atoms with van der Waals surface area (Å²) in [5.74, 6) is 1.34. The second kappa shape index (κ2) is 11.3. The van der Waals surface area contributed by atoms with Crippen LogP contribution in [0.3, 0.4) is 0 Å². The molecule has 0 atom stereocenters. The molecule has 0 aliphatic heterocycles. The van der Waals surface area contributed by atoms with Crippen LogP contribution in [0.25, 0.3) is 0 Å². The number of aliphatic hydroxyl groups excluding tert-OH is 2. The van der Waals surface area contributed by atoms with Crippen molar-refractivity contribution in [3.8, 4) is 11.5 Å². The number of aromatic amines is 1. The number of nitrogens with one attached hydrogen (secondary N) is 1. The average molecular weight is 479 g/mol. The standard InChI is InChI=1S/C22H22BN5O3S2/c1-14-17(5-4-8-24-14)31-18-10-16(32-20-6-2-3-7-25-20)11-26-21(18)28-22-27-19(23-33-22)9-15(12-29)13-30/h2-8,10-11,15,29-30H,9,12-13H2,1H3,(H,26,27,28). The molecule has 0 unspecified atom stereocenters. The van der Waals surface area contributed by atoms with Gasteiger partial charge in [-0.1, -0.05) is 0 Å². The summed E-state index contributed by atoms with van der Waals surface area (Å²) in [6.45, 7) is 1.72. The molecular weight excluding hydrogens is 457 g/mol. The summed E-state index contributed by atoms with van der Waals surface area (Å²) in [7, 11) is 0. The Kier molecular flexibility index (Phi) is 8.00. The summed E-state index contributed by atoms with van der Waals surface area (Å²) < 4.78 is 6.17. The van der Waals surface area contributed by atoms with Crippen molar-refractivity contribution in [1.82, 2.24) is 19.9 Å². The Balaban J connectivity index is 1.67. The van der Waals surface area contributed by atoms with E-state index in [1.54, 1.807) is 18.6 Å². The number of aromatic nitrogens is 4. The van der Waals surface area contributed by atoms with Gasteiger partial charge in [-0.05, 0) is 0 Å². The van der Waals surface area contributed by atoms with Crippen molar-refractivity contribution < 1.29 is 14.9 Å². The van der Waals surface area contributed by atoms with Gasteiger partial charge in [0, 0.05) is 0 Å². The molecule has 0 bridgehead atoms. The number of hydrogen-bond acceptors (Lipinski definition) is 9. The number of pyridine rings is 3. The molecule has 168 valence electrons. The first-order chi connectivity index (χ1) is 16.1. The zero-order chi connectivity index (χ0) is 23.0. The van der Waals surface area contributed by atoms with Gasteiger partial charge in [-0.2, -0.15) is 0 Å². The number of aliphatic hydroxyl groups is 2. The van der Waals surface area contributed by atoms with E-state index in [0.29, 0.717) is 28.5 Å². The normalized spacial score (nSPS) is 11.7. The molecule has 0 aliphatic carbocycles. The fourth-order valence-electron chi connectivity index (χ4n) is 2.93. The number of ether oxygens (including phenoxy) is 1. The molecule has 0 saturated heterocycles. The van der Waals surface area contributed by atoms with Crippen molar-refractivity contribution in [2.75, 3.05) is 13.2 Å². The van der Waals surface area contributed by atoms with E-state index < -0.39 is 0 Å². The molecule has 0 fully saturated rings. The van der Waals surface area contributed by atoms with Crippen molar-refractivity contribution in [3.05, 3.63) is 71.1 Å². The minimum atomic E-state index is -0.211. The van der Waals surface area contributed by atoms with Crippen LogP contribution in [0.1, 0.15) is 11.3 Å². The van der Waals surface area contributed by atoms with Crippen LogP contribution in [0.5, 0.6) is 11.5 Å². The van der Waals surface area contributed by atoms with E-state index in [-0.39, 0.29) is 19.1 Å². The van der Waals surface area contributed by atoms with E-state index in [1.807, 2.05) is 49.5 Å². The minimum absolute atomic E-state index is 0.0773. The third-order valence-corrected chi connectivity index (χ3v) is 6.39. The van der Waals surface area contributed by atoms with Gasteiger partial charge in [-0.25, -0.2) is 0 Å². The van der Waals surface area contributed by atoms with Gasteiger partial charge < -0.3 is 0 Å². The third kappa shape index (κ3) is 6.35. The van der Waals surface area contributed by atoms with Crippen LogP contribution >= 0.6 is 22.9 Å². The van der Waals surface area contributed by atoms with Crippen molar-refractivity contribution in [1.29, 1.82) is 0 Å². The van der Waals surface area contributed by atoms with Gasteiger partial charge in [0.05, 0.1) is 0 Å². The zero-order valence-electron chi connectivity index (χ0n) is 17.9. The Bertz CT molecular complexity index is 1260. The molecule has 0 saturated carbocycles. The first kappa shape index (κ1) is 23.3. The van der Waals surface area contributed by atoms with Gasteiger partial charge in [0.2, 0.25) is 0 Å². The molecule has 0 aliphatic rings. The summed E-state index contributed by atoms with van der Waals surface area (Å²) in [6.07, 6.45) is 7.66. The molecule has 4 aromatic rings. The van der Waals surface area contributed by atoms with Crippen LogP contribution in [0.4, 0.5) is 5.82 Å². The molecule has 11 heteroatoms. The monoisotopic (exact) mass is 479 g/mol. The molecule has 33 heavy (non-hydrogen) atoms. The van der Waals surface area contributed by atoms with E-state index in [9.17, 15) is 10.2 Å². The molecule has 4 rings (SSSR count). The van der Waals surface area contributed by atoms with E-state index >= 15 is 0 Å². The molecule has 8 nitrogen and oxygen atoms in total. The average Bonchev–Trinajstić information content (AvgIpc) is 3.28.